The lowest BCUT2D eigenvalue weighted by atomic mass is 10.1. The largest absolute Gasteiger partial charge is 0.496 e. The van der Waals surface area contributed by atoms with Gasteiger partial charge in [-0.2, -0.15) is 0 Å². The van der Waals surface area contributed by atoms with Crippen molar-refractivity contribution in [2.75, 3.05) is 12.9 Å². The maximum atomic E-state index is 12.4. The minimum absolute atomic E-state index is 0.0446. The summed E-state index contributed by atoms with van der Waals surface area (Å²) in [6.45, 7) is 5.61. The van der Waals surface area contributed by atoms with Crippen molar-refractivity contribution < 1.29 is 9.53 Å². The molecule has 0 bridgehead atoms. The molecule has 0 aliphatic rings. The highest BCUT2D eigenvalue weighted by Crippen LogP contribution is 2.21. The number of nitrogens with zero attached hydrogens (tertiary/aromatic N) is 2. The van der Waals surface area contributed by atoms with E-state index < -0.39 is 0 Å². The zero-order valence-corrected chi connectivity index (χ0v) is 15.9. The number of hydrogen-bond acceptors (Lipinski definition) is 6. The molecule has 0 fully saturated rings. The van der Waals surface area contributed by atoms with Gasteiger partial charge in [-0.05, 0) is 56.2 Å². The van der Waals surface area contributed by atoms with Crippen LogP contribution in [0.5, 0.6) is 5.75 Å². The first-order valence-electron chi connectivity index (χ1n) is 8.08. The van der Waals surface area contributed by atoms with Crippen molar-refractivity contribution in [3.05, 3.63) is 57.0 Å². The fourth-order valence-corrected chi connectivity index (χ4v) is 3.55. The monoisotopic (exact) mass is 369 g/mol. The number of aromatic nitrogens is 3. The van der Waals surface area contributed by atoms with Gasteiger partial charge in [0.1, 0.15) is 5.75 Å². The number of Topliss-reactive ketones (excluding diaryl/α,β-unsaturated/α-hetero) is 1. The van der Waals surface area contributed by atoms with E-state index in [-0.39, 0.29) is 17.1 Å². The number of H-pyrrole nitrogens is 1. The summed E-state index contributed by atoms with van der Waals surface area (Å²) in [4.78, 5) is 36.2. The number of rotatable bonds is 5. The summed E-state index contributed by atoms with van der Waals surface area (Å²) in [5.41, 5.74) is 3.30. The SMILES string of the molecule is COc1ccc(C(=O)CSc2nc3nc(C)cc(C)c3c(=O)[nH]2)cc1C. The molecule has 2 aromatic heterocycles. The molecular formula is C19H19N3O3S. The van der Waals surface area contributed by atoms with E-state index in [2.05, 4.69) is 15.0 Å². The van der Waals surface area contributed by atoms with E-state index in [1.165, 1.54) is 11.8 Å². The van der Waals surface area contributed by atoms with Gasteiger partial charge in [-0.15, -0.1) is 0 Å². The highest BCUT2D eigenvalue weighted by Gasteiger charge is 2.12. The molecule has 1 N–H and O–H groups in total. The number of carbonyl (C=O) groups is 1. The molecule has 1 aromatic carbocycles. The molecule has 0 saturated heterocycles. The number of pyridine rings is 1. The van der Waals surface area contributed by atoms with Crippen LogP contribution >= 0.6 is 11.8 Å². The average Bonchev–Trinajstić information content (AvgIpc) is 2.58. The summed E-state index contributed by atoms with van der Waals surface area (Å²) in [5.74, 6) is 0.869. The number of thioether (sulfide) groups is 1. The number of benzene rings is 1. The number of methoxy groups -OCH3 is 1. The molecule has 0 atom stereocenters. The molecule has 0 saturated carbocycles. The Morgan fingerprint density at radius 2 is 1.92 bits per heavy atom. The molecule has 26 heavy (non-hydrogen) atoms. The molecule has 7 heteroatoms. The van der Waals surface area contributed by atoms with Crippen LogP contribution in [-0.4, -0.2) is 33.6 Å². The van der Waals surface area contributed by atoms with Gasteiger partial charge in [-0.25, -0.2) is 9.97 Å². The first kappa shape index (κ1) is 18.1. The number of fused-ring (bicyclic) bond motifs is 1. The smallest absolute Gasteiger partial charge is 0.261 e. The number of aryl methyl sites for hydroxylation is 3. The maximum Gasteiger partial charge on any atom is 0.261 e. The van der Waals surface area contributed by atoms with Gasteiger partial charge < -0.3 is 9.72 Å². The standard InChI is InChI=1S/C19H19N3O3S/c1-10-8-13(5-6-15(10)25-4)14(23)9-26-19-21-17-16(18(24)22-19)11(2)7-12(3)20-17/h5-8H,9H2,1-4H3,(H,20,21,22,24). The number of nitrogens with one attached hydrogen (secondary N) is 1. The van der Waals surface area contributed by atoms with Gasteiger partial charge in [0.15, 0.2) is 16.6 Å². The second kappa shape index (κ2) is 7.29. The third-order valence-corrected chi connectivity index (χ3v) is 4.91. The number of ketones is 1. The molecule has 6 nitrogen and oxygen atoms in total. The molecule has 0 aliphatic carbocycles. The Morgan fingerprint density at radius 3 is 2.62 bits per heavy atom. The first-order valence-corrected chi connectivity index (χ1v) is 9.06. The third-order valence-electron chi connectivity index (χ3n) is 4.04. The van der Waals surface area contributed by atoms with Crippen LogP contribution in [0.2, 0.25) is 0 Å². The molecule has 134 valence electrons. The van der Waals surface area contributed by atoms with Crippen molar-refractivity contribution in [1.29, 1.82) is 0 Å². The van der Waals surface area contributed by atoms with Gasteiger partial charge in [-0.3, -0.25) is 9.59 Å². The van der Waals surface area contributed by atoms with Gasteiger partial charge in [-0.1, -0.05) is 11.8 Å². The second-order valence-electron chi connectivity index (χ2n) is 6.05. The van der Waals surface area contributed by atoms with Crippen molar-refractivity contribution in [3.63, 3.8) is 0 Å². The Kier molecular flexibility index (Phi) is 5.08. The van der Waals surface area contributed by atoms with E-state index in [0.717, 1.165) is 22.6 Å². The van der Waals surface area contributed by atoms with Crippen LogP contribution in [-0.2, 0) is 0 Å². The second-order valence-corrected chi connectivity index (χ2v) is 7.01. The molecule has 0 amide bonds. The van der Waals surface area contributed by atoms with Gasteiger partial charge in [0.05, 0.1) is 18.2 Å². The number of carbonyl (C=O) groups excluding carboxylic acids is 1. The minimum atomic E-state index is -0.241. The Labute approximate surface area is 155 Å². The van der Waals surface area contributed by atoms with Gasteiger partial charge >= 0.3 is 0 Å². The predicted molar refractivity (Wildman–Crippen MR) is 102 cm³/mol. The predicted octanol–water partition coefficient (Wildman–Crippen LogP) is 3.23. The van der Waals surface area contributed by atoms with Crippen molar-refractivity contribution in [2.45, 2.75) is 25.9 Å². The van der Waals surface area contributed by atoms with Gasteiger partial charge in [0, 0.05) is 11.3 Å². The topological polar surface area (TPSA) is 84.9 Å². The quantitative estimate of drug-likeness (QED) is 0.422. The minimum Gasteiger partial charge on any atom is -0.496 e. The summed E-state index contributed by atoms with van der Waals surface area (Å²) in [5, 5.41) is 0.871. The van der Waals surface area contributed by atoms with Gasteiger partial charge in [0.2, 0.25) is 0 Å². The lowest BCUT2D eigenvalue weighted by molar-refractivity contribution is 0.102. The Balaban J connectivity index is 1.82. The number of hydrogen-bond donors (Lipinski definition) is 1. The zero-order valence-electron chi connectivity index (χ0n) is 15.0. The highest BCUT2D eigenvalue weighted by molar-refractivity contribution is 7.99. The molecule has 3 aromatic rings. The summed E-state index contributed by atoms with van der Waals surface area (Å²) < 4.78 is 5.21. The molecule has 0 unspecified atom stereocenters. The fraction of sp³-hybridized carbons (Fsp3) is 0.263. The number of ether oxygens (including phenoxy) is 1. The van der Waals surface area contributed by atoms with Crippen LogP contribution < -0.4 is 10.3 Å². The van der Waals surface area contributed by atoms with E-state index in [1.54, 1.807) is 25.3 Å². The highest BCUT2D eigenvalue weighted by atomic mass is 32.2. The van der Waals surface area contributed by atoms with Crippen LogP contribution in [0.25, 0.3) is 11.0 Å². The average molecular weight is 369 g/mol. The zero-order chi connectivity index (χ0) is 18.8. The van der Waals surface area contributed by atoms with E-state index in [9.17, 15) is 9.59 Å². The molecular weight excluding hydrogens is 350 g/mol. The van der Waals surface area contributed by atoms with E-state index >= 15 is 0 Å². The lowest BCUT2D eigenvalue weighted by Gasteiger charge is -2.07. The van der Waals surface area contributed by atoms with Crippen LogP contribution in [0.4, 0.5) is 0 Å². The van der Waals surface area contributed by atoms with Crippen molar-refractivity contribution in [2.24, 2.45) is 0 Å². The Bertz CT molecular complexity index is 1060. The normalized spacial score (nSPS) is 10.9. The molecule has 0 aliphatic heterocycles. The molecule has 2 heterocycles. The first-order chi connectivity index (χ1) is 12.4. The van der Waals surface area contributed by atoms with Crippen molar-refractivity contribution in [1.82, 2.24) is 15.0 Å². The Morgan fingerprint density at radius 1 is 1.15 bits per heavy atom. The van der Waals surface area contributed by atoms with Crippen molar-refractivity contribution >= 4 is 28.6 Å². The van der Waals surface area contributed by atoms with Crippen molar-refractivity contribution in [3.8, 4) is 5.75 Å². The van der Waals surface area contributed by atoms with Crippen LogP contribution in [0, 0.1) is 20.8 Å². The molecule has 3 rings (SSSR count). The maximum absolute atomic E-state index is 12.4. The van der Waals surface area contributed by atoms with Gasteiger partial charge in [0.25, 0.3) is 5.56 Å². The molecule has 0 radical (unpaired) electrons. The number of aromatic amines is 1. The fourth-order valence-electron chi connectivity index (χ4n) is 2.80. The van der Waals surface area contributed by atoms with E-state index in [0.29, 0.717) is 21.8 Å². The van der Waals surface area contributed by atoms with Crippen LogP contribution in [0.15, 0.2) is 34.2 Å². The summed E-state index contributed by atoms with van der Waals surface area (Å²) >= 11 is 1.19. The third kappa shape index (κ3) is 3.62. The van der Waals surface area contributed by atoms with E-state index in [4.69, 9.17) is 4.74 Å². The lowest BCUT2D eigenvalue weighted by Crippen LogP contribution is -2.13. The molecule has 0 spiro atoms. The Hall–Kier alpha value is -2.67. The van der Waals surface area contributed by atoms with Crippen LogP contribution in [0.1, 0.15) is 27.2 Å². The van der Waals surface area contributed by atoms with E-state index in [1.807, 2.05) is 26.8 Å². The summed E-state index contributed by atoms with van der Waals surface area (Å²) in [6.07, 6.45) is 0. The van der Waals surface area contributed by atoms with Crippen LogP contribution in [0.3, 0.4) is 0 Å². The summed E-state index contributed by atoms with van der Waals surface area (Å²) in [6, 6.07) is 7.16. The summed E-state index contributed by atoms with van der Waals surface area (Å²) in [7, 11) is 1.60.